The molecule has 19 heavy (non-hydrogen) atoms. The normalized spacial score (nSPS) is 16.9. The fraction of sp³-hybridized carbons (Fsp3) is 0.375. The number of nitrogens with zero attached hydrogens (tertiary/aromatic N) is 2. The molecule has 1 saturated carbocycles. The molecule has 0 radical (unpaired) electrons. The summed E-state index contributed by atoms with van der Waals surface area (Å²) >= 11 is 0. The van der Waals surface area contributed by atoms with Crippen molar-refractivity contribution in [3.63, 3.8) is 0 Å². The summed E-state index contributed by atoms with van der Waals surface area (Å²) in [6.45, 7) is 1.88. The Morgan fingerprint density at radius 3 is 2.47 bits per heavy atom. The number of rotatable bonds is 3. The fourth-order valence-corrected chi connectivity index (χ4v) is 2.54. The number of benzene rings is 1. The molecule has 98 valence electrons. The van der Waals surface area contributed by atoms with E-state index in [-0.39, 0.29) is 6.04 Å². The minimum atomic E-state index is -0.169. The average Bonchev–Trinajstić information content (AvgIpc) is 2.37. The Balaban J connectivity index is 1.81. The minimum absolute atomic E-state index is 0.169. The Hall–Kier alpha value is -1.74. The summed E-state index contributed by atoms with van der Waals surface area (Å²) in [4.78, 5) is 8.50. The highest BCUT2D eigenvalue weighted by atomic mass is 14.9. The third kappa shape index (κ3) is 2.51. The van der Waals surface area contributed by atoms with Crippen LogP contribution in [-0.2, 0) is 0 Å². The standard InChI is InChI=1S/C16H19N3/c1-11-18-10-9-15(19-11)16(17)14-7-5-13(6-8-14)12-3-2-4-12/h5-10,12,16H,2-4,17H2,1H3. The summed E-state index contributed by atoms with van der Waals surface area (Å²) < 4.78 is 0. The molecular weight excluding hydrogens is 234 g/mol. The Morgan fingerprint density at radius 1 is 1.16 bits per heavy atom. The van der Waals surface area contributed by atoms with Crippen molar-refractivity contribution in [1.82, 2.24) is 9.97 Å². The van der Waals surface area contributed by atoms with Crippen LogP contribution >= 0.6 is 0 Å². The van der Waals surface area contributed by atoms with Crippen LogP contribution in [0.1, 0.15) is 53.9 Å². The Bertz CT molecular complexity index is 558. The molecule has 1 aliphatic carbocycles. The predicted molar refractivity (Wildman–Crippen MR) is 75.8 cm³/mol. The molecule has 1 aromatic heterocycles. The second-order valence-corrected chi connectivity index (χ2v) is 5.30. The van der Waals surface area contributed by atoms with E-state index in [1.54, 1.807) is 6.20 Å². The van der Waals surface area contributed by atoms with Crippen LogP contribution in [0.2, 0.25) is 0 Å². The number of aromatic nitrogens is 2. The number of hydrogen-bond donors (Lipinski definition) is 1. The zero-order valence-electron chi connectivity index (χ0n) is 11.2. The first-order chi connectivity index (χ1) is 9.24. The summed E-state index contributed by atoms with van der Waals surface area (Å²) in [6.07, 6.45) is 5.79. The van der Waals surface area contributed by atoms with Crippen molar-refractivity contribution in [2.75, 3.05) is 0 Å². The lowest BCUT2D eigenvalue weighted by atomic mass is 9.80. The molecule has 3 heteroatoms. The molecule has 1 unspecified atom stereocenters. The maximum Gasteiger partial charge on any atom is 0.125 e. The van der Waals surface area contributed by atoms with E-state index in [9.17, 15) is 0 Å². The Kier molecular flexibility index (Phi) is 3.30. The van der Waals surface area contributed by atoms with Crippen LogP contribution in [-0.4, -0.2) is 9.97 Å². The highest BCUT2D eigenvalue weighted by molar-refractivity contribution is 5.32. The van der Waals surface area contributed by atoms with Gasteiger partial charge in [-0.2, -0.15) is 0 Å². The van der Waals surface area contributed by atoms with Gasteiger partial charge in [0, 0.05) is 6.20 Å². The van der Waals surface area contributed by atoms with Gasteiger partial charge in [0.25, 0.3) is 0 Å². The lowest BCUT2D eigenvalue weighted by Crippen LogP contribution is -2.15. The molecule has 1 heterocycles. The molecule has 0 saturated heterocycles. The van der Waals surface area contributed by atoms with Crippen molar-refractivity contribution in [2.45, 2.75) is 38.1 Å². The van der Waals surface area contributed by atoms with Crippen LogP contribution in [0.25, 0.3) is 0 Å². The van der Waals surface area contributed by atoms with Crippen molar-refractivity contribution in [3.8, 4) is 0 Å². The predicted octanol–water partition coefficient (Wildman–Crippen LogP) is 3.10. The van der Waals surface area contributed by atoms with E-state index in [0.717, 1.165) is 23.0 Å². The van der Waals surface area contributed by atoms with Crippen LogP contribution in [0.5, 0.6) is 0 Å². The van der Waals surface area contributed by atoms with Gasteiger partial charge in [0.2, 0.25) is 0 Å². The van der Waals surface area contributed by atoms with E-state index in [1.165, 1.54) is 24.8 Å². The van der Waals surface area contributed by atoms with Gasteiger partial charge in [0.15, 0.2) is 0 Å². The van der Waals surface area contributed by atoms with Gasteiger partial charge in [-0.25, -0.2) is 9.97 Å². The zero-order valence-corrected chi connectivity index (χ0v) is 11.2. The van der Waals surface area contributed by atoms with Gasteiger partial charge in [-0.1, -0.05) is 30.7 Å². The highest BCUT2D eigenvalue weighted by Crippen LogP contribution is 2.36. The monoisotopic (exact) mass is 253 g/mol. The van der Waals surface area contributed by atoms with Crippen molar-refractivity contribution in [1.29, 1.82) is 0 Å². The van der Waals surface area contributed by atoms with Gasteiger partial charge in [0.1, 0.15) is 5.82 Å². The second-order valence-electron chi connectivity index (χ2n) is 5.30. The van der Waals surface area contributed by atoms with Crippen molar-refractivity contribution >= 4 is 0 Å². The summed E-state index contributed by atoms with van der Waals surface area (Å²) in [5.74, 6) is 1.53. The van der Waals surface area contributed by atoms with Crippen LogP contribution in [0.15, 0.2) is 36.5 Å². The van der Waals surface area contributed by atoms with Crippen molar-refractivity contribution in [2.24, 2.45) is 5.73 Å². The molecule has 0 spiro atoms. The molecule has 1 atom stereocenters. The first-order valence-electron chi connectivity index (χ1n) is 6.89. The van der Waals surface area contributed by atoms with Gasteiger partial charge in [-0.15, -0.1) is 0 Å². The summed E-state index contributed by atoms with van der Waals surface area (Å²) in [7, 11) is 0. The van der Waals surface area contributed by atoms with Crippen LogP contribution in [0.3, 0.4) is 0 Å². The lowest BCUT2D eigenvalue weighted by molar-refractivity contribution is 0.419. The molecule has 2 N–H and O–H groups in total. The van der Waals surface area contributed by atoms with Crippen LogP contribution in [0, 0.1) is 6.92 Å². The molecule has 1 aromatic carbocycles. The average molecular weight is 253 g/mol. The maximum atomic E-state index is 6.27. The maximum absolute atomic E-state index is 6.27. The largest absolute Gasteiger partial charge is 0.319 e. The molecule has 2 aromatic rings. The third-order valence-electron chi connectivity index (χ3n) is 3.99. The third-order valence-corrected chi connectivity index (χ3v) is 3.99. The molecule has 0 amide bonds. The van der Waals surface area contributed by atoms with Crippen LogP contribution < -0.4 is 5.73 Å². The van der Waals surface area contributed by atoms with Gasteiger partial charge in [-0.05, 0) is 42.9 Å². The smallest absolute Gasteiger partial charge is 0.125 e. The topological polar surface area (TPSA) is 51.8 Å². The SMILES string of the molecule is Cc1nccc(C(N)c2ccc(C3CCC3)cc2)n1. The first-order valence-corrected chi connectivity index (χ1v) is 6.89. The number of nitrogens with two attached hydrogens (primary N) is 1. The van der Waals surface area contributed by atoms with E-state index < -0.39 is 0 Å². The summed E-state index contributed by atoms with van der Waals surface area (Å²) in [5.41, 5.74) is 9.70. The van der Waals surface area contributed by atoms with E-state index >= 15 is 0 Å². The number of hydrogen-bond acceptors (Lipinski definition) is 3. The van der Waals surface area contributed by atoms with Crippen molar-refractivity contribution < 1.29 is 0 Å². The highest BCUT2D eigenvalue weighted by Gasteiger charge is 2.19. The lowest BCUT2D eigenvalue weighted by Gasteiger charge is -2.26. The van der Waals surface area contributed by atoms with Gasteiger partial charge in [-0.3, -0.25) is 0 Å². The Labute approximate surface area is 113 Å². The zero-order chi connectivity index (χ0) is 13.2. The van der Waals surface area contributed by atoms with Gasteiger partial charge < -0.3 is 5.73 Å². The quantitative estimate of drug-likeness (QED) is 0.914. The first kappa shape index (κ1) is 12.3. The van der Waals surface area contributed by atoms with Crippen LogP contribution in [0.4, 0.5) is 0 Å². The molecule has 3 rings (SSSR count). The van der Waals surface area contributed by atoms with E-state index in [0.29, 0.717) is 0 Å². The van der Waals surface area contributed by atoms with E-state index in [4.69, 9.17) is 5.73 Å². The van der Waals surface area contributed by atoms with Gasteiger partial charge in [0.05, 0.1) is 11.7 Å². The molecule has 1 fully saturated rings. The molecule has 1 aliphatic rings. The molecule has 0 aliphatic heterocycles. The molecule has 0 bridgehead atoms. The molecular formula is C16H19N3. The van der Waals surface area contributed by atoms with Gasteiger partial charge >= 0.3 is 0 Å². The van der Waals surface area contributed by atoms with Crippen molar-refractivity contribution in [3.05, 3.63) is 59.2 Å². The number of aryl methyl sites for hydroxylation is 1. The Morgan fingerprint density at radius 2 is 1.89 bits per heavy atom. The van der Waals surface area contributed by atoms with E-state index in [2.05, 4.69) is 34.2 Å². The summed E-state index contributed by atoms with van der Waals surface area (Å²) in [5, 5.41) is 0. The summed E-state index contributed by atoms with van der Waals surface area (Å²) in [6, 6.07) is 10.4. The minimum Gasteiger partial charge on any atom is -0.319 e. The molecule has 3 nitrogen and oxygen atoms in total. The second kappa shape index (κ2) is 5.10. The fourth-order valence-electron chi connectivity index (χ4n) is 2.54. The van der Waals surface area contributed by atoms with E-state index in [1.807, 2.05) is 13.0 Å².